The largest absolute Gasteiger partial charge is 0.460 e. The summed E-state index contributed by atoms with van der Waals surface area (Å²) in [6.45, 7) is 25.7. The van der Waals surface area contributed by atoms with Gasteiger partial charge in [-0.25, -0.2) is 0 Å². The number of carbonyl (C=O) groups is 7. The van der Waals surface area contributed by atoms with Crippen molar-refractivity contribution < 1.29 is 124 Å². The lowest BCUT2D eigenvalue weighted by molar-refractivity contribution is -0.154. The number of ether oxygens (including phenoxy) is 19. The van der Waals surface area contributed by atoms with Crippen molar-refractivity contribution in [1.29, 1.82) is 0 Å². The van der Waals surface area contributed by atoms with E-state index in [1.54, 1.807) is 60.8 Å². The summed E-state index contributed by atoms with van der Waals surface area (Å²) in [5.41, 5.74) is 1.37. The minimum absolute atomic E-state index is 0.00944. The molecule has 0 fully saturated rings. The summed E-state index contributed by atoms with van der Waals surface area (Å²) in [5, 5.41) is 5.63. The van der Waals surface area contributed by atoms with Crippen molar-refractivity contribution in [2.24, 2.45) is 17.3 Å². The van der Waals surface area contributed by atoms with Gasteiger partial charge in [-0.05, 0) is 69.7 Å². The first-order valence-corrected chi connectivity index (χ1v) is 34.4. The average molecular weight is 1420 g/mol. The minimum atomic E-state index is -0.979. The van der Waals surface area contributed by atoms with Crippen LogP contribution in [0.5, 0.6) is 0 Å². The van der Waals surface area contributed by atoms with E-state index in [0.29, 0.717) is 237 Å². The van der Waals surface area contributed by atoms with E-state index in [-0.39, 0.29) is 56.8 Å². The quantitative estimate of drug-likeness (QED) is 0.0538. The Hall–Kier alpha value is -5.07. The summed E-state index contributed by atoms with van der Waals surface area (Å²) in [4.78, 5) is 92.3. The van der Waals surface area contributed by atoms with Gasteiger partial charge in [0.15, 0.2) is 0 Å². The van der Waals surface area contributed by atoms with E-state index in [9.17, 15) is 33.6 Å². The SMILES string of the molecule is COCCOCCOCCOCCOCCOCCOCCOCCOCCOCCOCCOCCOCCOCCOCCOCCOCCCc1cc(NC(=O)[C@H](C)NC(=O)[C@@H](CC(=O)CCN(CCOC)C(=O)CN2C(=O)C=CC2=O)C(C)C)ccc1COC(=O)C(C)(C)C. The van der Waals surface area contributed by atoms with Gasteiger partial charge in [0.2, 0.25) is 17.7 Å². The molecule has 570 valence electrons. The van der Waals surface area contributed by atoms with Gasteiger partial charge in [-0.3, -0.25) is 38.5 Å². The summed E-state index contributed by atoms with van der Waals surface area (Å²) in [6.07, 6.45) is 3.12. The van der Waals surface area contributed by atoms with Crippen molar-refractivity contribution in [3.63, 3.8) is 0 Å². The van der Waals surface area contributed by atoms with E-state index < -0.39 is 53.5 Å². The first-order chi connectivity index (χ1) is 48.0. The average Bonchev–Trinajstić information content (AvgIpc) is 1.75. The number of amides is 5. The lowest BCUT2D eigenvalue weighted by Gasteiger charge is -2.25. The van der Waals surface area contributed by atoms with Crippen LogP contribution < -0.4 is 10.6 Å². The maximum atomic E-state index is 13.6. The summed E-state index contributed by atoms with van der Waals surface area (Å²) >= 11 is 0. The van der Waals surface area contributed by atoms with Crippen LogP contribution in [0.3, 0.4) is 0 Å². The first kappa shape index (κ1) is 90.0. The second kappa shape index (κ2) is 60.5. The van der Waals surface area contributed by atoms with Crippen LogP contribution in [0.4, 0.5) is 5.69 Å². The first-order valence-electron chi connectivity index (χ1n) is 34.4. The standard InChI is InChI=1S/C69H118N4O26/c1-56(2)62(53-61(74)15-16-72(17-19-81-7)65(77)54-73-63(75)13-14-64(73)76)67(79)70-57(3)66(78)71-60-12-11-59(55-99-68(80)69(4,5)6)58(52-60)10-9-18-83-22-23-85-26-27-87-30-31-89-34-35-91-38-39-93-42-43-95-46-47-97-50-51-98-49-48-96-45-44-94-41-40-92-37-36-90-33-32-88-29-28-86-25-24-84-21-20-82-8/h11-14,52,56-57,62H,9-10,15-51,53-55H2,1-8H3,(H,70,79)(H,71,78)/t57-,62-/m0/s1. The molecule has 0 radical (unpaired) electrons. The molecule has 99 heavy (non-hydrogen) atoms. The molecule has 0 saturated carbocycles. The van der Waals surface area contributed by atoms with Gasteiger partial charge >= 0.3 is 5.97 Å². The molecule has 2 atom stereocenters. The molecule has 5 amide bonds. The molecule has 0 aromatic heterocycles. The van der Waals surface area contributed by atoms with E-state index in [4.69, 9.17) is 90.0 Å². The number of aryl methyl sites for hydroxylation is 1. The van der Waals surface area contributed by atoms with Gasteiger partial charge < -0.3 is 106 Å². The third-order valence-electron chi connectivity index (χ3n) is 14.3. The Morgan fingerprint density at radius 1 is 0.465 bits per heavy atom. The van der Waals surface area contributed by atoms with Crippen LogP contribution in [0.1, 0.15) is 71.9 Å². The summed E-state index contributed by atoms with van der Waals surface area (Å²) in [7, 11) is 3.10. The molecule has 30 nitrogen and oxygen atoms in total. The van der Waals surface area contributed by atoms with E-state index >= 15 is 0 Å². The van der Waals surface area contributed by atoms with Gasteiger partial charge in [-0.2, -0.15) is 0 Å². The summed E-state index contributed by atoms with van der Waals surface area (Å²) in [6, 6.07) is 4.32. The number of carbonyl (C=O) groups excluding carboxylic acids is 7. The van der Waals surface area contributed by atoms with Crippen LogP contribution in [0.15, 0.2) is 30.4 Å². The number of Topliss-reactive ketones (excluding diaryl/α,β-unsaturated/α-hetero) is 1. The molecule has 0 saturated heterocycles. The molecule has 1 heterocycles. The molecule has 1 aliphatic heterocycles. The summed E-state index contributed by atoms with van der Waals surface area (Å²) in [5.74, 6) is -4.37. The maximum Gasteiger partial charge on any atom is 0.311 e. The van der Waals surface area contributed by atoms with E-state index in [2.05, 4.69) is 10.6 Å². The van der Waals surface area contributed by atoms with Crippen molar-refractivity contribution in [3.05, 3.63) is 41.5 Å². The molecule has 30 heteroatoms. The number of benzene rings is 1. The van der Waals surface area contributed by atoms with Gasteiger partial charge in [0.25, 0.3) is 11.8 Å². The predicted octanol–water partition coefficient (Wildman–Crippen LogP) is 3.09. The van der Waals surface area contributed by atoms with Crippen molar-refractivity contribution in [2.75, 3.05) is 264 Å². The number of anilines is 1. The highest BCUT2D eigenvalue weighted by molar-refractivity contribution is 6.14. The Labute approximate surface area is 586 Å². The highest BCUT2D eigenvalue weighted by atomic mass is 16.6. The summed E-state index contributed by atoms with van der Waals surface area (Å²) < 4.78 is 104. The number of nitrogens with one attached hydrogen (secondary N) is 2. The molecule has 0 aliphatic carbocycles. The second-order valence-electron chi connectivity index (χ2n) is 23.7. The van der Waals surface area contributed by atoms with Gasteiger partial charge in [-0.15, -0.1) is 0 Å². The fourth-order valence-corrected chi connectivity index (χ4v) is 8.60. The Morgan fingerprint density at radius 2 is 0.828 bits per heavy atom. The Balaban J connectivity index is 1.45. The van der Waals surface area contributed by atoms with Crippen molar-refractivity contribution in [1.82, 2.24) is 15.1 Å². The smallest absolute Gasteiger partial charge is 0.311 e. The maximum absolute atomic E-state index is 13.6. The molecule has 1 aliphatic rings. The van der Waals surface area contributed by atoms with E-state index in [1.165, 1.54) is 12.0 Å². The zero-order valence-corrected chi connectivity index (χ0v) is 60.3. The topological polar surface area (TPSA) is 325 Å². The van der Waals surface area contributed by atoms with Gasteiger partial charge in [-0.1, -0.05) is 19.9 Å². The van der Waals surface area contributed by atoms with Crippen molar-refractivity contribution in [3.8, 4) is 0 Å². The zero-order valence-electron chi connectivity index (χ0n) is 60.3. The number of methoxy groups -OCH3 is 2. The molecule has 2 rings (SSSR count). The molecule has 1 aromatic rings. The van der Waals surface area contributed by atoms with E-state index in [0.717, 1.165) is 28.2 Å². The lowest BCUT2D eigenvalue weighted by Crippen LogP contribution is -2.46. The van der Waals surface area contributed by atoms with E-state index in [1.807, 2.05) is 6.07 Å². The number of rotatable bonds is 69. The number of hydrogen-bond donors (Lipinski definition) is 2. The van der Waals surface area contributed by atoms with Gasteiger partial charge in [0.1, 0.15) is 25.0 Å². The second-order valence-corrected chi connectivity index (χ2v) is 23.7. The number of esters is 1. The van der Waals surface area contributed by atoms with Crippen LogP contribution in [-0.2, 0) is 137 Å². The Bertz CT molecular complexity index is 2290. The van der Waals surface area contributed by atoms with Gasteiger partial charge in [0.05, 0.1) is 223 Å². The predicted molar refractivity (Wildman–Crippen MR) is 362 cm³/mol. The monoisotopic (exact) mass is 1420 g/mol. The molecular formula is C69H118N4O26. The van der Waals surface area contributed by atoms with Gasteiger partial charge in [0, 0.05) is 70.5 Å². The number of hydrogen-bond acceptors (Lipinski definition) is 26. The third-order valence-corrected chi connectivity index (χ3v) is 14.3. The number of nitrogens with zero attached hydrogens (tertiary/aromatic N) is 2. The fourth-order valence-electron chi connectivity index (χ4n) is 8.60. The molecule has 0 spiro atoms. The highest BCUT2D eigenvalue weighted by Crippen LogP contribution is 2.23. The molecular weight excluding hydrogens is 1300 g/mol. The third kappa shape index (κ3) is 48.5. The molecule has 2 N–H and O–H groups in total. The zero-order chi connectivity index (χ0) is 72.2. The van der Waals surface area contributed by atoms with Crippen molar-refractivity contribution >= 4 is 47.0 Å². The minimum Gasteiger partial charge on any atom is -0.460 e. The molecule has 0 unspecified atom stereocenters. The Kier molecular flexibility index (Phi) is 55.0. The number of ketones is 1. The lowest BCUT2D eigenvalue weighted by atomic mass is 9.89. The van der Waals surface area contributed by atoms with Crippen LogP contribution in [0, 0.1) is 17.3 Å². The van der Waals surface area contributed by atoms with Crippen LogP contribution in [-0.4, -0.2) is 316 Å². The van der Waals surface area contributed by atoms with Crippen LogP contribution in [0.2, 0.25) is 0 Å². The van der Waals surface area contributed by atoms with Crippen LogP contribution in [0.25, 0.3) is 0 Å². The fraction of sp³-hybridized carbons (Fsp3) is 0.783. The molecule has 0 bridgehead atoms. The Morgan fingerprint density at radius 3 is 1.18 bits per heavy atom. The normalized spacial score (nSPS) is 13.0. The van der Waals surface area contributed by atoms with Crippen LogP contribution >= 0.6 is 0 Å². The highest BCUT2D eigenvalue weighted by Gasteiger charge is 2.31. The molecule has 1 aromatic carbocycles. The van der Waals surface area contributed by atoms with Crippen molar-refractivity contribution in [2.45, 2.75) is 79.9 Å². The number of imide groups is 1.